The Kier molecular flexibility index (Phi) is 7.28. The second-order valence-electron chi connectivity index (χ2n) is 7.58. The zero-order valence-corrected chi connectivity index (χ0v) is 17.8. The maximum atomic E-state index is 12.4. The van der Waals surface area contributed by atoms with Crippen LogP contribution in [-0.4, -0.2) is 53.7 Å². The molecule has 3 rings (SSSR count). The number of hydrogen-bond acceptors (Lipinski definition) is 4. The molecular weight excluding hydrogens is 396 g/mol. The van der Waals surface area contributed by atoms with Gasteiger partial charge in [0.05, 0.1) is 0 Å². The molecule has 2 amide bonds. The summed E-state index contributed by atoms with van der Waals surface area (Å²) in [4.78, 5) is 37.0. The first-order chi connectivity index (χ1) is 14.9. The van der Waals surface area contributed by atoms with E-state index in [-0.39, 0.29) is 31.4 Å². The number of amides is 2. The Bertz CT molecular complexity index is 913. The lowest BCUT2D eigenvalue weighted by atomic mass is 9.98. The Morgan fingerprint density at radius 1 is 1.03 bits per heavy atom. The van der Waals surface area contributed by atoms with Crippen molar-refractivity contribution in [2.75, 3.05) is 19.7 Å². The third-order valence-electron chi connectivity index (χ3n) is 5.64. The molecule has 0 fully saturated rings. The van der Waals surface area contributed by atoms with Crippen LogP contribution in [-0.2, 0) is 14.3 Å². The van der Waals surface area contributed by atoms with Crippen molar-refractivity contribution >= 4 is 18.0 Å². The van der Waals surface area contributed by atoms with E-state index in [2.05, 4.69) is 29.6 Å². The average Bonchev–Trinajstić information content (AvgIpc) is 3.09. The highest BCUT2D eigenvalue weighted by atomic mass is 16.5. The van der Waals surface area contributed by atoms with Gasteiger partial charge in [0.2, 0.25) is 5.91 Å². The quantitative estimate of drug-likeness (QED) is 0.641. The number of nitrogens with zero attached hydrogens (tertiary/aromatic N) is 1. The molecule has 0 aliphatic heterocycles. The van der Waals surface area contributed by atoms with Crippen molar-refractivity contribution in [3.8, 4) is 11.1 Å². The molecule has 0 aromatic heterocycles. The SMILES string of the molecule is CC[C@H](CC(=O)N(CC)CC(=O)O)NC(=O)OCC1c2ccccc2-c2ccccc21. The molecule has 0 radical (unpaired) electrons. The normalized spacial score (nSPS) is 13.1. The molecule has 1 aliphatic rings. The number of carboxylic acid groups (broad SMARTS) is 1. The number of hydrogen-bond donors (Lipinski definition) is 2. The van der Waals surface area contributed by atoms with Gasteiger partial charge in [-0.15, -0.1) is 0 Å². The summed E-state index contributed by atoms with van der Waals surface area (Å²) in [5.74, 6) is -1.41. The van der Waals surface area contributed by atoms with Crippen LogP contribution < -0.4 is 5.32 Å². The monoisotopic (exact) mass is 424 g/mol. The van der Waals surface area contributed by atoms with E-state index in [0.717, 1.165) is 22.3 Å². The highest BCUT2D eigenvalue weighted by Gasteiger charge is 2.29. The molecule has 7 nitrogen and oxygen atoms in total. The Hall–Kier alpha value is -3.35. The molecule has 0 saturated carbocycles. The van der Waals surface area contributed by atoms with Gasteiger partial charge in [0.1, 0.15) is 13.2 Å². The summed E-state index contributed by atoms with van der Waals surface area (Å²) in [6.07, 6.45) is -0.0228. The number of aliphatic carboxylic acids is 1. The van der Waals surface area contributed by atoms with Gasteiger partial charge >= 0.3 is 12.1 Å². The molecule has 0 saturated heterocycles. The van der Waals surface area contributed by atoms with Gasteiger partial charge in [-0.2, -0.15) is 0 Å². The maximum Gasteiger partial charge on any atom is 0.407 e. The molecule has 2 aromatic carbocycles. The lowest BCUT2D eigenvalue weighted by molar-refractivity contribution is -0.144. The van der Waals surface area contributed by atoms with E-state index >= 15 is 0 Å². The van der Waals surface area contributed by atoms with Gasteiger partial charge in [0.15, 0.2) is 0 Å². The summed E-state index contributed by atoms with van der Waals surface area (Å²) in [7, 11) is 0. The van der Waals surface area contributed by atoms with Crippen molar-refractivity contribution in [2.24, 2.45) is 0 Å². The standard InChI is InChI=1S/C24H28N2O5/c1-3-16(13-22(27)26(4-2)14-23(28)29)25-24(30)31-15-21-19-11-7-5-9-17(19)18-10-6-8-12-20(18)21/h5-12,16,21H,3-4,13-15H2,1-2H3,(H,25,30)(H,28,29)/t16-/m1/s1. The van der Waals surface area contributed by atoms with Gasteiger partial charge in [-0.3, -0.25) is 9.59 Å². The molecule has 164 valence electrons. The van der Waals surface area contributed by atoms with E-state index in [1.807, 2.05) is 31.2 Å². The van der Waals surface area contributed by atoms with Crippen LogP contribution in [0.5, 0.6) is 0 Å². The maximum absolute atomic E-state index is 12.4. The van der Waals surface area contributed by atoms with E-state index < -0.39 is 18.1 Å². The summed E-state index contributed by atoms with van der Waals surface area (Å²) in [6, 6.07) is 15.8. The van der Waals surface area contributed by atoms with Crippen molar-refractivity contribution in [3.63, 3.8) is 0 Å². The third kappa shape index (κ3) is 5.23. The van der Waals surface area contributed by atoms with Gasteiger partial charge in [-0.25, -0.2) is 4.79 Å². The van der Waals surface area contributed by atoms with E-state index in [9.17, 15) is 14.4 Å². The molecule has 31 heavy (non-hydrogen) atoms. The van der Waals surface area contributed by atoms with Crippen molar-refractivity contribution in [1.29, 1.82) is 0 Å². The molecular formula is C24H28N2O5. The molecule has 7 heteroatoms. The fourth-order valence-electron chi connectivity index (χ4n) is 3.98. The Balaban J connectivity index is 1.59. The van der Waals surface area contributed by atoms with Crippen LogP contribution in [0, 0.1) is 0 Å². The number of ether oxygens (including phenoxy) is 1. The number of nitrogens with one attached hydrogen (secondary N) is 1. The number of alkyl carbamates (subject to hydrolysis) is 1. The largest absolute Gasteiger partial charge is 0.480 e. The van der Waals surface area contributed by atoms with Gasteiger partial charge in [0, 0.05) is 24.9 Å². The van der Waals surface area contributed by atoms with Crippen LogP contribution >= 0.6 is 0 Å². The Morgan fingerprint density at radius 2 is 1.61 bits per heavy atom. The smallest absolute Gasteiger partial charge is 0.407 e. The number of carbonyl (C=O) groups excluding carboxylic acids is 2. The highest BCUT2D eigenvalue weighted by molar-refractivity contribution is 5.82. The molecule has 1 aliphatic carbocycles. The molecule has 2 N–H and O–H groups in total. The minimum Gasteiger partial charge on any atom is -0.480 e. The Labute approximate surface area is 182 Å². The number of fused-ring (bicyclic) bond motifs is 3. The second kappa shape index (κ2) is 10.1. The fraction of sp³-hybridized carbons (Fsp3) is 0.375. The predicted octanol–water partition coefficient (Wildman–Crippen LogP) is 3.63. The minimum atomic E-state index is -1.06. The van der Waals surface area contributed by atoms with Crippen molar-refractivity contribution in [1.82, 2.24) is 10.2 Å². The summed E-state index contributed by atoms with van der Waals surface area (Å²) >= 11 is 0. The molecule has 0 unspecified atom stereocenters. The molecule has 0 heterocycles. The first kappa shape index (κ1) is 22.3. The van der Waals surface area contributed by atoms with Crippen molar-refractivity contribution < 1.29 is 24.2 Å². The first-order valence-corrected chi connectivity index (χ1v) is 10.6. The van der Waals surface area contributed by atoms with Crippen molar-refractivity contribution in [2.45, 2.75) is 38.6 Å². The van der Waals surface area contributed by atoms with Crippen LogP contribution in [0.1, 0.15) is 43.7 Å². The number of likely N-dealkylation sites (N-methyl/N-ethyl adjacent to an activating group) is 1. The molecule has 0 spiro atoms. The van der Waals surface area contributed by atoms with Crippen LogP contribution in [0.2, 0.25) is 0 Å². The lowest BCUT2D eigenvalue weighted by Crippen LogP contribution is -2.42. The Morgan fingerprint density at radius 3 is 2.13 bits per heavy atom. The van der Waals surface area contributed by atoms with Crippen LogP contribution in [0.3, 0.4) is 0 Å². The second-order valence-corrected chi connectivity index (χ2v) is 7.58. The third-order valence-corrected chi connectivity index (χ3v) is 5.64. The summed E-state index contributed by atoms with van der Waals surface area (Å²) < 4.78 is 5.54. The molecule has 2 aromatic rings. The summed E-state index contributed by atoms with van der Waals surface area (Å²) in [5.41, 5.74) is 4.57. The van der Waals surface area contributed by atoms with Crippen LogP contribution in [0.25, 0.3) is 11.1 Å². The first-order valence-electron chi connectivity index (χ1n) is 10.6. The van der Waals surface area contributed by atoms with E-state index in [1.165, 1.54) is 4.90 Å². The molecule has 1 atom stereocenters. The van der Waals surface area contributed by atoms with Gasteiger partial charge in [-0.05, 0) is 35.6 Å². The van der Waals surface area contributed by atoms with E-state index in [0.29, 0.717) is 13.0 Å². The number of carbonyl (C=O) groups is 3. The topological polar surface area (TPSA) is 95.9 Å². The fourth-order valence-corrected chi connectivity index (χ4v) is 3.98. The van der Waals surface area contributed by atoms with Gasteiger partial charge in [0.25, 0.3) is 0 Å². The van der Waals surface area contributed by atoms with E-state index in [1.54, 1.807) is 6.92 Å². The predicted molar refractivity (Wildman–Crippen MR) is 117 cm³/mol. The lowest BCUT2D eigenvalue weighted by Gasteiger charge is -2.23. The number of benzene rings is 2. The number of carboxylic acids is 1. The minimum absolute atomic E-state index is 0.0296. The van der Waals surface area contributed by atoms with Crippen molar-refractivity contribution in [3.05, 3.63) is 59.7 Å². The van der Waals surface area contributed by atoms with Crippen LogP contribution in [0.15, 0.2) is 48.5 Å². The highest BCUT2D eigenvalue weighted by Crippen LogP contribution is 2.44. The van der Waals surface area contributed by atoms with Gasteiger partial charge in [-0.1, -0.05) is 55.5 Å². The average molecular weight is 424 g/mol. The zero-order chi connectivity index (χ0) is 22.4. The van der Waals surface area contributed by atoms with Crippen LogP contribution in [0.4, 0.5) is 4.79 Å². The van der Waals surface area contributed by atoms with E-state index in [4.69, 9.17) is 9.84 Å². The summed E-state index contributed by atoms with van der Waals surface area (Å²) in [5, 5.41) is 11.7. The van der Waals surface area contributed by atoms with Gasteiger partial charge < -0.3 is 20.1 Å². The number of rotatable bonds is 9. The zero-order valence-electron chi connectivity index (χ0n) is 17.8. The molecule has 0 bridgehead atoms. The summed E-state index contributed by atoms with van der Waals surface area (Å²) in [6.45, 7) is 3.73.